The van der Waals surface area contributed by atoms with Gasteiger partial charge >= 0.3 is 0 Å². The Bertz CT molecular complexity index is 959. The fourth-order valence-corrected chi connectivity index (χ4v) is 3.52. The number of nitriles is 1. The highest BCUT2D eigenvalue weighted by molar-refractivity contribution is 6.07. The van der Waals surface area contributed by atoms with Gasteiger partial charge in [0.25, 0.3) is 0 Å². The summed E-state index contributed by atoms with van der Waals surface area (Å²) >= 11 is 0. The van der Waals surface area contributed by atoms with Gasteiger partial charge in [0.05, 0.1) is 23.9 Å². The highest BCUT2D eigenvalue weighted by Crippen LogP contribution is 2.39. The van der Waals surface area contributed by atoms with E-state index < -0.39 is 0 Å². The fraction of sp³-hybridized carbons (Fsp3) is 0.375. The molecule has 3 rings (SSSR count). The maximum Gasteiger partial charge on any atom is 0.211 e. The standard InChI is InChI=1S/C24H29N5O/c1-3-13-27-24-19(5-4-6-22(24)28-15-30)18-9-10-21(29-16(2)11-12-25)20(14-18)23(26)17-7-8-17/h4-6,9-10,14-17,26-27,29H,3,7-8,11,13H2,1-2H3,(H,28,30)/t16-/m0/s1. The molecule has 0 aromatic heterocycles. The summed E-state index contributed by atoms with van der Waals surface area (Å²) in [6, 6.07) is 14.1. The van der Waals surface area contributed by atoms with Crippen LogP contribution in [0.25, 0.3) is 11.1 Å². The van der Waals surface area contributed by atoms with E-state index >= 15 is 0 Å². The molecule has 1 aliphatic rings. The molecule has 0 aliphatic heterocycles. The van der Waals surface area contributed by atoms with Crippen LogP contribution in [0.15, 0.2) is 36.4 Å². The SMILES string of the molecule is CCCNc1c(NC=O)cccc1-c1ccc(N[C@@H](C)CC#N)c(C(=N)C2CC2)c1. The molecule has 1 saturated carbocycles. The summed E-state index contributed by atoms with van der Waals surface area (Å²) < 4.78 is 0. The van der Waals surface area contributed by atoms with Crippen LogP contribution in [0.4, 0.5) is 17.1 Å². The van der Waals surface area contributed by atoms with Crippen molar-refractivity contribution in [1.82, 2.24) is 0 Å². The highest BCUT2D eigenvalue weighted by atomic mass is 16.1. The highest BCUT2D eigenvalue weighted by Gasteiger charge is 2.29. The Morgan fingerprint density at radius 2 is 2.10 bits per heavy atom. The lowest BCUT2D eigenvalue weighted by Crippen LogP contribution is -2.17. The van der Waals surface area contributed by atoms with Crippen molar-refractivity contribution in [3.8, 4) is 17.2 Å². The van der Waals surface area contributed by atoms with Crippen LogP contribution in [0.1, 0.15) is 45.1 Å². The maximum absolute atomic E-state index is 11.1. The van der Waals surface area contributed by atoms with Crippen LogP contribution in [0.3, 0.4) is 0 Å². The number of hydrogen-bond acceptors (Lipinski definition) is 5. The third kappa shape index (κ3) is 4.98. The van der Waals surface area contributed by atoms with Crippen molar-refractivity contribution in [1.29, 1.82) is 10.7 Å². The third-order valence-electron chi connectivity index (χ3n) is 5.24. The molecule has 4 N–H and O–H groups in total. The average molecular weight is 404 g/mol. The second-order valence-electron chi connectivity index (χ2n) is 7.77. The van der Waals surface area contributed by atoms with Crippen molar-refractivity contribution in [3.05, 3.63) is 42.0 Å². The van der Waals surface area contributed by atoms with Gasteiger partial charge in [-0.25, -0.2) is 0 Å². The zero-order chi connectivity index (χ0) is 21.5. The Balaban J connectivity index is 2.05. The molecule has 0 radical (unpaired) electrons. The molecule has 0 spiro atoms. The molecule has 1 aliphatic carbocycles. The molecule has 0 heterocycles. The summed E-state index contributed by atoms with van der Waals surface area (Å²) in [5.74, 6) is 0.313. The number of carbonyl (C=O) groups is 1. The second kappa shape index (κ2) is 9.93. The maximum atomic E-state index is 11.1. The fourth-order valence-electron chi connectivity index (χ4n) is 3.52. The molecule has 156 valence electrons. The van der Waals surface area contributed by atoms with E-state index in [-0.39, 0.29) is 6.04 Å². The van der Waals surface area contributed by atoms with Crippen LogP contribution in [-0.4, -0.2) is 24.7 Å². The van der Waals surface area contributed by atoms with Gasteiger partial charge in [0.2, 0.25) is 6.41 Å². The Kier molecular flexibility index (Phi) is 7.08. The van der Waals surface area contributed by atoms with E-state index in [4.69, 9.17) is 10.7 Å². The van der Waals surface area contributed by atoms with Crippen LogP contribution in [0.2, 0.25) is 0 Å². The molecular formula is C24H29N5O. The van der Waals surface area contributed by atoms with E-state index in [2.05, 4.69) is 35.0 Å². The van der Waals surface area contributed by atoms with E-state index in [9.17, 15) is 4.79 Å². The minimum atomic E-state index is 0.00787. The van der Waals surface area contributed by atoms with E-state index in [1.54, 1.807) is 0 Å². The number of amides is 1. The van der Waals surface area contributed by atoms with Gasteiger partial charge in [0.15, 0.2) is 0 Å². The van der Waals surface area contributed by atoms with Gasteiger partial charge in [-0.3, -0.25) is 4.79 Å². The van der Waals surface area contributed by atoms with E-state index in [1.165, 1.54) is 0 Å². The van der Waals surface area contributed by atoms with Crippen LogP contribution < -0.4 is 16.0 Å². The molecule has 2 aromatic rings. The van der Waals surface area contributed by atoms with Crippen molar-refractivity contribution in [2.24, 2.45) is 5.92 Å². The zero-order valence-electron chi connectivity index (χ0n) is 17.6. The summed E-state index contributed by atoms with van der Waals surface area (Å²) in [4.78, 5) is 11.1. The van der Waals surface area contributed by atoms with Gasteiger partial charge in [-0.15, -0.1) is 0 Å². The number of nitrogens with one attached hydrogen (secondary N) is 4. The Morgan fingerprint density at radius 3 is 2.77 bits per heavy atom. The lowest BCUT2D eigenvalue weighted by molar-refractivity contribution is -0.105. The Labute approximate surface area is 178 Å². The lowest BCUT2D eigenvalue weighted by atomic mass is 9.95. The number of anilines is 3. The molecule has 1 atom stereocenters. The number of nitrogens with zero attached hydrogens (tertiary/aromatic N) is 1. The summed E-state index contributed by atoms with van der Waals surface area (Å²) in [7, 11) is 0. The second-order valence-corrected chi connectivity index (χ2v) is 7.77. The monoisotopic (exact) mass is 403 g/mol. The predicted octanol–water partition coefficient (Wildman–Crippen LogP) is 5.24. The first-order valence-corrected chi connectivity index (χ1v) is 10.5. The minimum Gasteiger partial charge on any atom is -0.383 e. The average Bonchev–Trinajstić information content (AvgIpc) is 3.58. The topological polar surface area (TPSA) is 101 Å². The predicted molar refractivity (Wildman–Crippen MR) is 123 cm³/mol. The number of carbonyl (C=O) groups excluding carboxylic acids is 1. The molecule has 0 bridgehead atoms. The van der Waals surface area contributed by atoms with Crippen molar-refractivity contribution in [2.75, 3.05) is 22.5 Å². The molecule has 1 amide bonds. The van der Waals surface area contributed by atoms with E-state index in [0.29, 0.717) is 24.5 Å². The first kappa shape index (κ1) is 21.4. The van der Waals surface area contributed by atoms with Crippen LogP contribution in [0, 0.1) is 22.7 Å². The molecule has 2 aromatic carbocycles. The van der Waals surface area contributed by atoms with E-state index in [1.807, 2.05) is 37.3 Å². The molecule has 1 fully saturated rings. The molecule has 6 nitrogen and oxygen atoms in total. The number of rotatable bonds is 11. The largest absolute Gasteiger partial charge is 0.383 e. The summed E-state index contributed by atoms with van der Waals surface area (Å²) in [6.45, 7) is 4.87. The Hall–Kier alpha value is -3.33. The van der Waals surface area contributed by atoms with Crippen LogP contribution >= 0.6 is 0 Å². The van der Waals surface area contributed by atoms with Crippen molar-refractivity contribution in [2.45, 2.75) is 45.6 Å². The molecule has 6 heteroatoms. The summed E-state index contributed by atoms with van der Waals surface area (Å²) in [5, 5.41) is 27.3. The molecule has 30 heavy (non-hydrogen) atoms. The summed E-state index contributed by atoms with van der Waals surface area (Å²) in [6.07, 6.45) is 4.17. The molecule has 0 unspecified atom stereocenters. The normalized spacial score (nSPS) is 13.8. The minimum absolute atomic E-state index is 0.00787. The molecule has 0 saturated heterocycles. The number of benzene rings is 2. The van der Waals surface area contributed by atoms with Gasteiger partial charge in [0, 0.05) is 41.0 Å². The quantitative estimate of drug-likeness (QED) is 0.305. The Morgan fingerprint density at radius 1 is 1.30 bits per heavy atom. The molecular weight excluding hydrogens is 374 g/mol. The van der Waals surface area contributed by atoms with Crippen LogP contribution in [0.5, 0.6) is 0 Å². The van der Waals surface area contributed by atoms with Gasteiger partial charge in [-0.05, 0) is 49.9 Å². The number of para-hydroxylation sites is 1. The van der Waals surface area contributed by atoms with Crippen molar-refractivity contribution < 1.29 is 4.79 Å². The lowest BCUT2D eigenvalue weighted by Gasteiger charge is -2.20. The van der Waals surface area contributed by atoms with Gasteiger partial charge in [-0.1, -0.05) is 25.1 Å². The number of hydrogen-bond donors (Lipinski definition) is 4. The van der Waals surface area contributed by atoms with Gasteiger partial charge in [0.1, 0.15) is 0 Å². The zero-order valence-corrected chi connectivity index (χ0v) is 17.6. The van der Waals surface area contributed by atoms with Gasteiger partial charge < -0.3 is 21.4 Å². The third-order valence-corrected chi connectivity index (χ3v) is 5.24. The smallest absolute Gasteiger partial charge is 0.211 e. The van der Waals surface area contributed by atoms with E-state index in [0.717, 1.165) is 59.6 Å². The van der Waals surface area contributed by atoms with Crippen molar-refractivity contribution >= 4 is 29.2 Å². The van der Waals surface area contributed by atoms with Gasteiger partial charge in [-0.2, -0.15) is 5.26 Å². The first-order chi connectivity index (χ1) is 14.6. The first-order valence-electron chi connectivity index (χ1n) is 10.5. The summed E-state index contributed by atoms with van der Waals surface area (Å²) in [5.41, 5.74) is 6.01. The van der Waals surface area contributed by atoms with Crippen molar-refractivity contribution in [3.63, 3.8) is 0 Å². The van der Waals surface area contributed by atoms with Crippen LogP contribution in [-0.2, 0) is 4.79 Å².